The van der Waals surface area contributed by atoms with Gasteiger partial charge in [0.05, 0.1) is 6.54 Å². The fraction of sp³-hybridized carbons (Fsp3) is 0.394. The first kappa shape index (κ1) is 27.4. The molecular weight excluding hydrogens is 474 g/mol. The number of cyclic esters (lactones) is 1. The summed E-state index contributed by atoms with van der Waals surface area (Å²) in [7, 11) is 0. The number of carbonyl (C=O) groups is 2. The highest BCUT2D eigenvalue weighted by atomic mass is 16.7. The van der Waals surface area contributed by atoms with E-state index in [4.69, 9.17) is 9.47 Å². The molecule has 0 unspecified atom stereocenters. The summed E-state index contributed by atoms with van der Waals surface area (Å²) in [5.74, 6) is -0.976. The van der Waals surface area contributed by atoms with Gasteiger partial charge in [-0.3, -0.25) is 4.79 Å². The summed E-state index contributed by atoms with van der Waals surface area (Å²) >= 11 is 0. The summed E-state index contributed by atoms with van der Waals surface area (Å²) in [6.45, 7) is 8.19. The molecule has 0 saturated carbocycles. The number of hydrogen-bond donors (Lipinski definition) is 0. The number of anilines is 1. The maximum atomic E-state index is 13.4. The topological polar surface area (TPSA) is 55.8 Å². The average molecular weight is 514 g/mol. The van der Waals surface area contributed by atoms with Crippen LogP contribution in [0.25, 0.3) is 11.1 Å². The first-order valence-electron chi connectivity index (χ1n) is 13.8. The molecule has 0 aromatic heterocycles. The third-order valence-electron chi connectivity index (χ3n) is 6.89. The van der Waals surface area contributed by atoms with Gasteiger partial charge in [-0.2, -0.15) is 0 Å². The molecule has 5 heteroatoms. The molecule has 1 aliphatic heterocycles. The lowest BCUT2D eigenvalue weighted by Gasteiger charge is -2.32. The van der Waals surface area contributed by atoms with Crippen LogP contribution in [0.15, 0.2) is 66.7 Å². The Balaban J connectivity index is 1.55. The maximum absolute atomic E-state index is 13.4. The molecule has 5 nitrogen and oxygen atoms in total. The Kier molecular flexibility index (Phi) is 8.88. The van der Waals surface area contributed by atoms with Gasteiger partial charge in [0.25, 0.3) is 0 Å². The number of fused-ring (bicyclic) bond motifs is 1. The van der Waals surface area contributed by atoms with Crippen molar-refractivity contribution in [3.05, 3.63) is 83.4 Å². The zero-order chi connectivity index (χ0) is 27.1. The summed E-state index contributed by atoms with van der Waals surface area (Å²) in [5.41, 5.74) is 5.83. The van der Waals surface area contributed by atoms with E-state index in [0.717, 1.165) is 36.8 Å². The second-order valence-corrected chi connectivity index (χ2v) is 10.5. The normalized spacial score (nSPS) is 13.8. The summed E-state index contributed by atoms with van der Waals surface area (Å²) in [6.07, 6.45) is 6.91. The van der Waals surface area contributed by atoms with Gasteiger partial charge in [-0.25, -0.2) is 4.79 Å². The van der Waals surface area contributed by atoms with Gasteiger partial charge in [0, 0.05) is 32.0 Å². The Bertz CT molecular complexity index is 1240. The van der Waals surface area contributed by atoms with Gasteiger partial charge >= 0.3 is 5.97 Å². The predicted molar refractivity (Wildman–Crippen MR) is 152 cm³/mol. The van der Waals surface area contributed by atoms with E-state index in [1.54, 1.807) is 36.9 Å². The van der Waals surface area contributed by atoms with Crippen molar-refractivity contribution in [2.45, 2.75) is 85.0 Å². The molecule has 1 aliphatic rings. The van der Waals surface area contributed by atoms with Crippen molar-refractivity contribution < 1.29 is 19.1 Å². The van der Waals surface area contributed by atoms with Crippen LogP contribution >= 0.6 is 0 Å². The van der Waals surface area contributed by atoms with Crippen LogP contribution in [-0.2, 0) is 22.5 Å². The standard InChI is InChI=1S/C33H39NO4/c1-5-7-9-11-31(35)34(28-20-21-29-30(22-28)37-33(3,4)38-32(29)36)23-25-14-18-27(19-15-25)26-16-12-24(13-17-26)10-8-6-2/h12-22H,5-11,23H2,1-4H3. The van der Waals surface area contributed by atoms with Gasteiger partial charge in [0.2, 0.25) is 11.7 Å². The number of unbranched alkanes of at least 4 members (excludes halogenated alkanes) is 3. The number of benzene rings is 3. The molecule has 0 atom stereocenters. The van der Waals surface area contributed by atoms with E-state index in [-0.39, 0.29) is 5.91 Å². The van der Waals surface area contributed by atoms with Crippen molar-refractivity contribution >= 4 is 17.6 Å². The van der Waals surface area contributed by atoms with Gasteiger partial charge in [-0.1, -0.05) is 81.6 Å². The van der Waals surface area contributed by atoms with Crippen LogP contribution in [0.3, 0.4) is 0 Å². The number of rotatable bonds is 11. The Labute approximate surface area is 226 Å². The average Bonchev–Trinajstić information content (AvgIpc) is 2.90. The van der Waals surface area contributed by atoms with Gasteiger partial charge in [0.1, 0.15) is 11.3 Å². The predicted octanol–water partition coefficient (Wildman–Crippen LogP) is 8.10. The molecule has 0 N–H and O–H groups in total. The highest BCUT2D eigenvalue weighted by Crippen LogP contribution is 2.35. The third-order valence-corrected chi connectivity index (χ3v) is 6.89. The molecule has 0 fully saturated rings. The molecule has 3 aromatic rings. The van der Waals surface area contributed by atoms with Gasteiger partial charge in [-0.05, 0) is 53.6 Å². The van der Waals surface area contributed by atoms with Crippen LogP contribution in [0, 0.1) is 0 Å². The number of amides is 1. The van der Waals surface area contributed by atoms with E-state index < -0.39 is 11.8 Å². The number of hydrogen-bond acceptors (Lipinski definition) is 4. The van der Waals surface area contributed by atoms with Crippen LogP contribution in [0.2, 0.25) is 0 Å². The highest BCUT2D eigenvalue weighted by molar-refractivity contribution is 5.97. The minimum absolute atomic E-state index is 0.0581. The zero-order valence-corrected chi connectivity index (χ0v) is 23.1. The molecule has 38 heavy (non-hydrogen) atoms. The lowest BCUT2D eigenvalue weighted by atomic mass is 10.0. The molecule has 4 rings (SSSR count). The van der Waals surface area contributed by atoms with Crippen LogP contribution in [-0.4, -0.2) is 17.7 Å². The molecule has 3 aromatic carbocycles. The minimum Gasteiger partial charge on any atom is -0.452 e. The second-order valence-electron chi connectivity index (χ2n) is 10.5. The summed E-state index contributed by atoms with van der Waals surface area (Å²) < 4.78 is 11.3. The van der Waals surface area contributed by atoms with E-state index >= 15 is 0 Å². The van der Waals surface area contributed by atoms with Crippen molar-refractivity contribution in [3.63, 3.8) is 0 Å². The monoisotopic (exact) mass is 513 g/mol. The Morgan fingerprint density at radius 2 is 1.42 bits per heavy atom. The second kappa shape index (κ2) is 12.3. The van der Waals surface area contributed by atoms with Crippen LogP contribution < -0.4 is 9.64 Å². The largest absolute Gasteiger partial charge is 0.452 e. The number of carbonyl (C=O) groups excluding carboxylic acids is 2. The smallest absolute Gasteiger partial charge is 0.345 e. The fourth-order valence-electron chi connectivity index (χ4n) is 4.71. The molecule has 0 bridgehead atoms. The minimum atomic E-state index is -1.05. The number of esters is 1. The van der Waals surface area contributed by atoms with Crippen LogP contribution in [0.4, 0.5) is 5.69 Å². The summed E-state index contributed by atoms with van der Waals surface area (Å²) in [4.78, 5) is 27.6. The molecular formula is C33H39NO4. The van der Waals surface area contributed by atoms with Gasteiger partial charge in [0.15, 0.2) is 0 Å². The summed E-state index contributed by atoms with van der Waals surface area (Å²) in [6, 6.07) is 22.5. The van der Waals surface area contributed by atoms with Gasteiger partial charge < -0.3 is 14.4 Å². The molecule has 0 aliphatic carbocycles. The summed E-state index contributed by atoms with van der Waals surface area (Å²) in [5, 5.41) is 0. The lowest BCUT2D eigenvalue weighted by Crippen LogP contribution is -2.39. The van der Waals surface area contributed by atoms with E-state index in [9.17, 15) is 9.59 Å². The Morgan fingerprint density at radius 3 is 2.05 bits per heavy atom. The molecule has 0 saturated heterocycles. The van der Waals surface area contributed by atoms with Crippen molar-refractivity contribution in [3.8, 4) is 16.9 Å². The number of nitrogens with zero attached hydrogens (tertiary/aromatic N) is 1. The molecule has 200 valence electrons. The number of ether oxygens (including phenoxy) is 2. The Morgan fingerprint density at radius 1 is 0.789 bits per heavy atom. The first-order chi connectivity index (χ1) is 18.3. The first-order valence-corrected chi connectivity index (χ1v) is 13.8. The molecule has 1 amide bonds. The molecule has 1 heterocycles. The quantitative estimate of drug-likeness (QED) is 0.192. The Hall–Kier alpha value is -3.60. The highest BCUT2D eigenvalue weighted by Gasteiger charge is 2.34. The van der Waals surface area contributed by atoms with E-state index in [1.165, 1.54) is 24.0 Å². The van der Waals surface area contributed by atoms with E-state index in [1.807, 2.05) is 0 Å². The van der Waals surface area contributed by atoms with Gasteiger partial charge in [-0.15, -0.1) is 0 Å². The van der Waals surface area contributed by atoms with Crippen molar-refractivity contribution in [2.24, 2.45) is 0 Å². The van der Waals surface area contributed by atoms with Crippen LogP contribution in [0.5, 0.6) is 5.75 Å². The fourth-order valence-corrected chi connectivity index (χ4v) is 4.71. The maximum Gasteiger partial charge on any atom is 0.345 e. The third kappa shape index (κ3) is 6.83. The van der Waals surface area contributed by atoms with E-state index in [2.05, 4.69) is 62.4 Å². The SMILES string of the molecule is CCCCCC(=O)N(Cc1ccc(-c2ccc(CCCC)cc2)cc1)c1ccc2c(c1)OC(C)(C)OC2=O. The lowest BCUT2D eigenvalue weighted by molar-refractivity contribution is -0.127. The number of aryl methyl sites for hydroxylation is 1. The van der Waals surface area contributed by atoms with Crippen LogP contribution in [0.1, 0.15) is 87.7 Å². The van der Waals surface area contributed by atoms with Crippen molar-refractivity contribution in [2.75, 3.05) is 4.90 Å². The zero-order valence-electron chi connectivity index (χ0n) is 23.1. The molecule has 0 radical (unpaired) electrons. The molecule has 0 spiro atoms. The van der Waals surface area contributed by atoms with Crippen molar-refractivity contribution in [1.29, 1.82) is 0 Å². The van der Waals surface area contributed by atoms with E-state index in [0.29, 0.717) is 30.0 Å². The van der Waals surface area contributed by atoms with Crippen molar-refractivity contribution in [1.82, 2.24) is 0 Å².